The zero-order chi connectivity index (χ0) is 14.7. The van der Waals surface area contributed by atoms with Crippen LogP contribution in [-0.4, -0.2) is 50.5 Å². The van der Waals surface area contributed by atoms with Gasteiger partial charge in [-0.2, -0.15) is 8.42 Å². The van der Waals surface area contributed by atoms with Crippen molar-refractivity contribution in [3.8, 4) is 0 Å². The van der Waals surface area contributed by atoms with Crippen LogP contribution in [-0.2, 0) is 23.8 Å². The number of esters is 1. The zero-order valence-corrected chi connectivity index (χ0v) is 12.8. The lowest BCUT2D eigenvalue weighted by Gasteiger charge is -2.33. The maximum atomic E-state index is 12.1. The first-order valence-electron chi connectivity index (χ1n) is 6.44. The molecule has 1 atom stereocenters. The Bertz CT molecular complexity index is 406. The average Bonchev–Trinajstić information content (AvgIpc) is 2.23. The van der Waals surface area contributed by atoms with Crippen LogP contribution in [0.1, 0.15) is 40.0 Å². The Hall–Kier alpha value is -0.660. The van der Waals surface area contributed by atoms with Gasteiger partial charge in [0.2, 0.25) is 6.23 Å². The smallest absolute Gasteiger partial charge is 0.352 e. The lowest BCUT2D eigenvalue weighted by atomic mass is 10.1. The molecular formula is C12H23NO5S. The predicted octanol–water partition coefficient (Wildman–Crippen LogP) is 1.12. The number of piperidine rings is 1. The molecule has 1 heterocycles. The average molecular weight is 293 g/mol. The molecule has 1 unspecified atom stereocenters. The maximum Gasteiger partial charge on any atom is 0.352 e. The highest BCUT2D eigenvalue weighted by atomic mass is 32.2. The van der Waals surface area contributed by atoms with E-state index >= 15 is 0 Å². The Balaban J connectivity index is 2.81. The molecule has 1 aliphatic heterocycles. The summed E-state index contributed by atoms with van der Waals surface area (Å²) in [6, 6.07) is 0. The summed E-state index contributed by atoms with van der Waals surface area (Å²) in [7, 11) is -3.72. The van der Waals surface area contributed by atoms with Crippen LogP contribution in [0.4, 0.5) is 0 Å². The largest absolute Gasteiger partial charge is 0.457 e. The number of likely N-dealkylation sites (tertiary alicyclic amines) is 1. The lowest BCUT2D eigenvalue weighted by molar-refractivity contribution is -0.173. The fourth-order valence-electron chi connectivity index (χ4n) is 1.92. The molecule has 0 aromatic heterocycles. The summed E-state index contributed by atoms with van der Waals surface area (Å²) >= 11 is 0. The molecule has 0 radical (unpaired) electrons. The van der Waals surface area contributed by atoms with Crippen LogP contribution in [0.15, 0.2) is 0 Å². The fourth-order valence-corrected chi connectivity index (χ4v) is 2.45. The molecule has 6 nitrogen and oxygen atoms in total. The molecule has 0 N–H and O–H groups in total. The van der Waals surface area contributed by atoms with E-state index in [1.165, 1.54) is 0 Å². The highest BCUT2D eigenvalue weighted by molar-refractivity contribution is 7.86. The molecule has 0 bridgehead atoms. The first-order valence-corrected chi connectivity index (χ1v) is 8.25. The summed E-state index contributed by atoms with van der Waals surface area (Å²) in [5.41, 5.74) is -0.675. The van der Waals surface area contributed by atoms with Crippen molar-refractivity contribution >= 4 is 16.1 Å². The first kappa shape index (κ1) is 16.4. The molecule has 1 fully saturated rings. The van der Waals surface area contributed by atoms with Gasteiger partial charge < -0.3 is 4.74 Å². The summed E-state index contributed by atoms with van der Waals surface area (Å²) in [6.07, 6.45) is 2.69. The Labute approximate surface area is 115 Å². The van der Waals surface area contributed by atoms with Gasteiger partial charge in [-0.05, 0) is 33.6 Å². The standard InChI is InChI=1S/C12H23NO5S/c1-12(2,3)17-11(14)10(18-19(4,15)16)13-8-6-5-7-9-13/h10H,5-9H2,1-4H3. The van der Waals surface area contributed by atoms with Crippen molar-refractivity contribution < 1.29 is 22.1 Å². The monoisotopic (exact) mass is 293 g/mol. The molecule has 0 spiro atoms. The minimum absolute atomic E-state index is 0.638. The summed E-state index contributed by atoms with van der Waals surface area (Å²) in [6.45, 7) is 6.48. The van der Waals surface area contributed by atoms with E-state index in [1.54, 1.807) is 25.7 Å². The van der Waals surface area contributed by atoms with Gasteiger partial charge in [-0.1, -0.05) is 6.42 Å². The third-order valence-electron chi connectivity index (χ3n) is 2.60. The van der Waals surface area contributed by atoms with E-state index in [0.717, 1.165) is 25.5 Å². The van der Waals surface area contributed by atoms with Crippen molar-refractivity contribution in [1.29, 1.82) is 0 Å². The number of hydrogen-bond acceptors (Lipinski definition) is 6. The molecule has 0 saturated carbocycles. The molecular weight excluding hydrogens is 270 g/mol. The van der Waals surface area contributed by atoms with E-state index in [1.807, 2.05) is 0 Å². The maximum absolute atomic E-state index is 12.1. The van der Waals surface area contributed by atoms with Gasteiger partial charge in [0.15, 0.2) is 0 Å². The zero-order valence-electron chi connectivity index (χ0n) is 12.0. The van der Waals surface area contributed by atoms with Crippen LogP contribution in [0, 0.1) is 0 Å². The highest BCUT2D eigenvalue weighted by Crippen LogP contribution is 2.18. The summed E-state index contributed by atoms with van der Waals surface area (Å²) in [4.78, 5) is 13.8. The van der Waals surface area contributed by atoms with Gasteiger partial charge in [0, 0.05) is 13.1 Å². The van der Waals surface area contributed by atoms with E-state index in [0.29, 0.717) is 13.1 Å². The van der Waals surface area contributed by atoms with Crippen LogP contribution in [0.5, 0.6) is 0 Å². The van der Waals surface area contributed by atoms with Crippen LogP contribution in [0.2, 0.25) is 0 Å². The van der Waals surface area contributed by atoms with Crippen LogP contribution < -0.4 is 0 Å². The molecule has 7 heteroatoms. The molecule has 0 amide bonds. The molecule has 19 heavy (non-hydrogen) atoms. The van der Waals surface area contributed by atoms with Crippen molar-refractivity contribution in [2.24, 2.45) is 0 Å². The SMILES string of the molecule is CC(C)(C)OC(=O)C(OS(C)(=O)=O)N1CCCCC1. The second-order valence-electron chi connectivity index (χ2n) is 5.78. The quantitative estimate of drug-likeness (QED) is 0.571. The van der Waals surface area contributed by atoms with E-state index in [4.69, 9.17) is 8.92 Å². The van der Waals surface area contributed by atoms with Gasteiger partial charge >= 0.3 is 5.97 Å². The number of hydrogen-bond donors (Lipinski definition) is 0. The van der Waals surface area contributed by atoms with E-state index in [2.05, 4.69) is 0 Å². The summed E-state index contributed by atoms with van der Waals surface area (Å²) in [5.74, 6) is -0.653. The van der Waals surface area contributed by atoms with Crippen LogP contribution >= 0.6 is 0 Å². The number of rotatable bonds is 4. The van der Waals surface area contributed by atoms with E-state index in [-0.39, 0.29) is 0 Å². The Morgan fingerprint density at radius 1 is 1.16 bits per heavy atom. The normalized spacial score (nSPS) is 20.0. The van der Waals surface area contributed by atoms with Crippen LogP contribution in [0.3, 0.4) is 0 Å². The topological polar surface area (TPSA) is 72.9 Å². The molecule has 112 valence electrons. The highest BCUT2D eigenvalue weighted by Gasteiger charge is 2.34. The van der Waals surface area contributed by atoms with E-state index in [9.17, 15) is 13.2 Å². The molecule has 0 aliphatic carbocycles. The van der Waals surface area contributed by atoms with E-state index < -0.39 is 27.9 Å². The van der Waals surface area contributed by atoms with Gasteiger partial charge in [-0.15, -0.1) is 0 Å². The van der Waals surface area contributed by atoms with Gasteiger partial charge in [0.1, 0.15) is 5.60 Å². The third kappa shape index (κ3) is 6.35. The third-order valence-corrected chi connectivity index (χ3v) is 3.13. The number of carbonyl (C=O) groups excluding carboxylic acids is 1. The Morgan fingerprint density at radius 3 is 2.11 bits per heavy atom. The van der Waals surface area contributed by atoms with Crippen molar-refractivity contribution in [3.05, 3.63) is 0 Å². The van der Waals surface area contributed by atoms with Crippen molar-refractivity contribution in [2.75, 3.05) is 19.3 Å². The molecule has 1 rings (SSSR count). The summed E-state index contributed by atoms with van der Waals surface area (Å²) in [5, 5.41) is 0. The Morgan fingerprint density at radius 2 is 1.68 bits per heavy atom. The number of ether oxygens (including phenoxy) is 1. The second-order valence-corrected chi connectivity index (χ2v) is 7.38. The van der Waals surface area contributed by atoms with Gasteiger partial charge in [-0.3, -0.25) is 4.90 Å². The van der Waals surface area contributed by atoms with Crippen molar-refractivity contribution in [1.82, 2.24) is 4.90 Å². The predicted molar refractivity (Wildman–Crippen MR) is 71.0 cm³/mol. The van der Waals surface area contributed by atoms with Gasteiger partial charge in [0.05, 0.1) is 6.26 Å². The number of nitrogens with zero attached hydrogens (tertiary/aromatic N) is 1. The van der Waals surface area contributed by atoms with Gasteiger partial charge in [-0.25, -0.2) is 8.98 Å². The Kier molecular flexibility index (Phi) is 5.34. The first-order chi connectivity index (χ1) is 8.58. The molecule has 0 aromatic carbocycles. The van der Waals surface area contributed by atoms with Crippen molar-refractivity contribution in [3.63, 3.8) is 0 Å². The fraction of sp³-hybridized carbons (Fsp3) is 0.917. The number of carbonyl (C=O) groups is 1. The minimum atomic E-state index is -3.72. The second kappa shape index (κ2) is 6.19. The van der Waals surface area contributed by atoms with Gasteiger partial charge in [0.25, 0.3) is 10.1 Å². The van der Waals surface area contributed by atoms with Crippen molar-refractivity contribution in [2.45, 2.75) is 51.9 Å². The minimum Gasteiger partial charge on any atom is -0.457 e. The molecule has 1 aliphatic rings. The summed E-state index contributed by atoms with van der Waals surface area (Å²) < 4.78 is 32.7. The van der Waals surface area contributed by atoms with Crippen LogP contribution in [0.25, 0.3) is 0 Å². The lowest BCUT2D eigenvalue weighted by Crippen LogP contribution is -2.48. The molecule has 1 saturated heterocycles. The molecule has 0 aromatic rings.